The van der Waals surface area contributed by atoms with Crippen LogP contribution in [0.5, 0.6) is 5.75 Å². The molecule has 0 aliphatic carbocycles. The third-order valence-electron chi connectivity index (χ3n) is 4.06. The monoisotopic (exact) mass is 411 g/mol. The molecule has 156 valence electrons. The lowest BCUT2D eigenvalue weighted by atomic mass is 10.3. The van der Waals surface area contributed by atoms with E-state index in [2.05, 4.69) is 15.3 Å². The Hall–Kier alpha value is -3.72. The summed E-state index contributed by atoms with van der Waals surface area (Å²) in [5, 5.41) is 12.5. The molecule has 0 fully saturated rings. The average molecular weight is 411 g/mol. The van der Waals surface area contributed by atoms with Crippen molar-refractivity contribution in [3.63, 3.8) is 0 Å². The van der Waals surface area contributed by atoms with Gasteiger partial charge >= 0.3 is 6.09 Å². The fourth-order valence-corrected chi connectivity index (χ4v) is 2.61. The van der Waals surface area contributed by atoms with Crippen LogP contribution in [0.1, 0.15) is 0 Å². The van der Waals surface area contributed by atoms with Crippen LogP contribution in [0.25, 0.3) is 0 Å². The normalized spacial score (nSPS) is 10.7. The number of benzene rings is 2. The summed E-state index contributed by atoms with van der Waals surface area (Å²) in [7, 11) is 3.81. The molecule has 1 aromatic heterocycles. The number of nitrogens with one attached hydrogen (secondary N) is 1. The minimum absolute atomic E-state index is 0.135. The first-order chi connectivity index (χ1) is 14.4. The largest absolute Gasteiger partial charge is 0.489 e. The van der Waals surface area contributed by atoms with E-state index in [1.165, 1.54) is 24.4 Å². The van der Waals surface area contributed by atoms with Gasteiger partial charge in [-0.05, 0) is 38.4 Å². The second-order valence-corrected chi connectivity index (χ2v) is 6.61. The topological polar surface area (TPSA) is 90.8 Å². The molecule has 0 spiro atoms. The quantitative estimate of drug-likeness (QED) is 0.576. The summed E-state index contributed by atoms with van der Waals surface area (Å²) in [4.78, 5) is 23.1. The van der Waals surface area contributed by atoms with Crippen LogP contribution in [0.15, 0.2) is 60.8 Å². The molecule has 0 saturated heterocycles. The van der Waals surface area contributed by atoms with Crippen LogP contribution in [0.4, 0.5) is 32.3 Å². The number of hydrogen-bond donors (Lipinski definition) is 2. The fourth-order valence-electron chi connectivity index (χ4n) is 2.61. The first-order valence-corrected chi connectivity index (χ1v) is 9.19. The van der Waals surface area contributed by atoms with E-state index < -0.39 is 11.9 Å². The molecular weight excluding hydrogens is 389 g/mol. The van der Waals surface area contributed by atoms with Gasteiger partial charge in [0, 0.05) is 30.6 Å². The lowest BCUT2D eigenvalue weighted by Gasteiger charge is -2.18. The van der Waals surface area contributed by atoms with Crippen LogP contribution < -0.4 is 15.0 Å². The van der Waals surface area contributed by atoms with E-state index in [0.717, 1.165) is 4.90 Å². The van der Waals surface area contributed by atoms with Gasteiger partial charge in [-0.1, -0.05) is 18.2 Å². The maximum atomic E-state index is 14.3. The van der Waals surface area contributed by atoms with Crippen LogP contribution in [0.2, 0.25) is 0 Å². The van der Waals surface area contributed by atoms with Crippen LogP contribution >= 0.6 is 0 Å². The molecular formula is C21H22FN5O3. The van der Waals surface area contributed by atoms with Crippen LogP contribution in [0.3, 0.4) is 0 Å². The fraction of sp³-hybridized carbons (Fsp3) is 0.190. The highest BCUT2D eigenvalue weighted by Crippen LogP contribution is 2.26. The minimum Gasteiger partial charge on any atom is -0.489 e. The number of nitrogens with zero attached hydrogens (tertiary/aromatic N) is 4. The van der Waals surface area contributed by atoms with Gasteiger partial charge in [0.1, 0.15) is 12.4 Å². The third-order valence-corrected chi connectivity index (χ3v) is 4.06. The third kappa shape index (κ3) is 5.42. The number of halogens is 1. The molecule has 9 heteroatoms. The van der Waals surface area contributed by atoms with Crippen molar-refractivity contribution in [1.82, 2.24) is 14.9 Å². The molecule has 1 amide bonds. The Morgan fingerprint density at radius 1 is 1.17 bits per heavy atom. The zero-order chi connectivity index (χ0) is 21.5. The Morgan fingerprint density at radius 3 is 2.60 bits per heavy atom. The van der Waals surface area contributed by atoms with Gasteiger partial charge in [0.15, 0.2) is 11.6 Å². The molecule has 0 bridgehead atoms. The number of aromatic nitrogens is 2. The van der Waals surface area contributed by atoms with Gasteiger partial charge in [0.05, 0.1) is 5.69 Å². The van der Waals surface area contributed by atoms with E-state index in [9.17, 15) is 14.3 Å². The maximum Gasteiger partial charge on any atom is 0.417 e. The summed E-state index contributed by atoms with van der Waals surface area (Å²) in [5.41, 5.74) is 0.853. The van der Waals surface area contributed by atoms with Crippen molar-refractivity contribution >= 4 is 29.2 Å². The molecule has 0 aliphatic rings. The van der Waals surface area contributed by atoms with Crippen LogP contribution in [-0.2, 0) is 0 Å². The molecule has 2 N–H and O–H groups in total. The summed E-state index contributed by atoms with van der Waals surface area (Å²) in [5.74, 6) is -0.0739. The summed E-state index contributed by atoms with van der Waals surface area (Å²) >= 11 is 0. The predicted molar refractivity (Wildman–Crippen MR) is 112 cm³/mol. The highest BCUT2D eigenvalue weighted by Gasteiger charge is 2.18. The van der Waals surface area contributed by atoms with Gasteiger partial charge < -0.3 is 20.1 Å². The van der Waals surface area contributed by atoms with E-state index in [4.69, 9.17) is 4.74 Å². The first-order valence-electron chi connectivity index (χ1n) is 9.19. The summed E-state index contributed by atoms with van der Waals surface area (Å²) in [6.07, 6.45) is 0.245. The van der Waals surface area contributed by atoms with Crippen LogP contribution in [0, 0.1) is 5.82 Å². The van der Waals surface area contributed by atoms with E-state index >= 15 is 0 Å². The molecule has 3 rings (SSSR count). The standard InChI is InChI=1S/C21H22FN5O3/c1-26(2)12-13-30-18-9-8-15(14-17(18)22)24-20-23-11-10-19(25-20)27(21(28)29)16-6-4-3-5-7-16/h3-11,14H,12-13H2,1-2H3,(H,28,29)(H,23,24,25). The van der Waals surface area contributed by atoms with Crippen molar-refractivity contribution in [2.75, 3.05) is 37.5 Å². The Balaban J connectivity index is 1.76. The van der Waals surface area contributed by atoms with Gasteiger partial charge in [0.25, 0.3) is 0 Å². The smallest absolute Gasteiger partial charge is 0.417 e. The van der Waals surface area contributed by atoms with Gasteiger partial charge in [-0.15, -0.1) is 0 Å². The number of carboxylic acid groups (broad SMARTS) is 1. The second-order valence-electron chi connectivity index (χ2n) is 6.61. The molecule has 0 atom stereocenters. The maximum absolute atomic E-state index is 14.3. The molecule has 1 heterocycles. The number of para-hydroxylation sites is 1. The number of carbonyl (C=O) groups is 1. The second kappa shape index (κ2) is 9.66. The number of ether oxygens (including phenoxy) is 1. The molecule has 3 aromatic rings. The molecule has 2 aromatic carbocycles. The number of hydrogen-bond acceptors (Lipinski definition) is 6. The Labute approximate surface area is 173 Å². The zero-order valence-corrected chi connectivity index (χ0v) is 16.6. The summed E-state index contributed by atoms with van der Waals surface area (Å²) in [6, 6.07) is 14.5. The summed E-state index contributed by atoms with van der Waals surface area (Å²) < 4.78 is 19.7. The van der Waals surface area contributed by atoms with Crippen molar-refractivity contribution in [3.05, 3.63) is 66.6 Å². The Bertz CT molecular complexity index is 1000. The lowest BCUT2D eigenvalue weighted by Crippen LogP contribution is -2.24. The molecule has 30 heavy (non-hydrogen) atoms. The molecule has 8 nitrogen and oxygen atoms in total. The van der Waals surface area contributed by atoms with E-state index in [0.29, 0.717) is 24.5 Å². The lowest BCUT2D eigenvalue weighted by molar-refractivity contribution is 0.204. The Kier molecular flexibility index (Phi) is 6.76. The van der Waals surface area contributed by atoms with Crippen molar-refractivity contribution in [1.29, 1.82) is 0 Å². The molecule has 0 radical (unpaired) electrons. The van der Waals surface area contributed by atoms with Gasteiger partial charge in [0.2, 0.25) is 5.95 Å². The van der Waals surface area contributed by atoms with Gasteiger partial charge in [-0.25, -0.2) is 19.1 Å². The SMILES string of the molecule is CN(C)CCOc1ccc(Nc2nccc(N(C(=O)O)c3ccccc3)n2)cc1F. The predicted octanol–water partition coefficient (Wildman–Crippen LogP) is 4.12. The van der Waals surface area contributed by atoms with E-state index in [1.54, 1.807) is 36.4 Å². The highest BCUT2D eigenvalue weighted by molar-refractivity contribution is 5.93. The van der Waals surface area contributed by atoms with Crippen molar-refractivity contribution in [2.45, 2.75) is 0 Å². The van der Waals surface area contributed by atoms with E-state index in [1.807, 2.05) is 19.0 Å². The van der Waals surface area contributed by atoms with Crippen molar-refractivity contribution in [3.8, 4) is 5.75 Å². The average Bonchev–Trinajstić information content (AvgIpc) is 2.70. The van der Waals surface area contributed by atoms with Gasteiger partial charge in [-0.2, -0.15) is 4.98 Å². The minimum atomic E-state index is -1.18. The van der Waals surface area contributed by atoms with Crippen molar-refractivity contribution < 1.29 is 19.0 Å². The number of rotatable bonds is 8. The Morgan fingerprint density at radius 2 is 1.93 bits per heavy atom. The zero-order valence-electron chi connectivity index (χ0n) is 16.6. The molecule has 0 aliphatic heterocycles. The van der Waals surface area contributed by atoms with Crippen LogP contribution in [-0.4, -0.2) is 53.3 Å². The van der Waals surface area contributed by atoms with Gasteiger partial charge in [-0.3, -0.25) is 0 Å². The number of likely N-dealkylation sites (N-methyl/N-ethyl adjacent to an activating group) is 1. The highest BCUT2D eigenvalue weighted by atomic mass is 19.1. The first kappa shape index (κ1) is 21.0. The molecule has 0 unspecified atom stereocenters. The molecule has 0 saturated carbocycles. The van der Waals surface area contributed by atoms with Crippen molar-refractivity contribution in [2.24, 2.45) is 0 Å². The number of anilines is 4. The van der Waals surface area contributed by atoms with E-state index in [-0.39, 0.29) is 17.5 Å². The number of amides is 1. The summed E-state index contributed by atoms with van der Waals surface area (Å²) in [6.45, 7) is 1.04.